The minimum Gasteiger partial charge on any atom is -0.497 e. The first-order chi connectivity index (χ1) is 65.1. The Morgan fingerprint density at radius 2 is 1.04 bits per heavy atom. The molecular formula is C92H131N23O20S. The van der Waals surface area contributed by atoms with Crippen LogP contribution in [0, 0.1) is 0 Å². The molecule has 0 unspecified atom stereocenters. The Morgan fingerprint density at radius 3 is 1.65 bits per heavy atom. The van der Waals surface area contributed by atoms with E-state index in [4.69, 9.17) is 27.7 Å². The lowest BCUT2D eigenvalue weighted by molar-refractivity contribution is -0.149. The number of hydrogen-bond acceptors (Lipinski definition) is 24. The van der Waals surface area contributed by atoms with Gasteiger partial charge in [0.25, 0.3) is 0 Å². The van der Waals surface area contributed by atoms with Crippen LogP contribution in [-0.2, 0) is 107 Å². The van der Waals surface area contributed by atoms with Crippen LogP contribution in [0.15, 0.2) is 97.7 Å². The van der Waals surface area contributed by atoms with Crippen LogP contribution in [0.4, 0.5) is 0 Å². The molecular weight excluding hydrogens is 1780 g/mol. The van der Waals surface area contributed by atoms with Gasteiger partial charge in [-0.25, -0.2) is 4.98 Å². The molecule has 0 spiro atoms. The van der Waals surface area contributed by atoms with Crippen molar-refractivity contribution in [1.29, 1.82) is 0 Å². The zero-order chi connectivity index (χ0) is 99.0. The Kier molecular flexibility index (Phi) is 40.9. The number of nitrogens with one attached hydrogen (secondary N) is 13. The second kappa shape index (κ2) is 52.1. The number of aliphatic hydroxyl groups excluding tert-OH is 1. The number of amides is 16. The first-order valence-electron chi connectivity index (χ1n) is 46.1. The fraction of sp³-hybridized carbons (Fsp3) is 0.543. The SMILES string of the molecule is CCCC[C@H]1C(=O)N(C)[C@@H](CCCC)C(=O)N[C@@H](CCC(=O)O)C(=O)N[C@H](C(=O)NCC(N)=O)CSCC(=O)N[C@@H](Cc2ccc(OC)cc2)C(=O)N(C)[C@@H](C)C(=O)N[C@@H](CCN)C(=O)N2CCC[C@H]2C(=O)N[C@@H](Cc2cnc[nH]2)C(=O)N[C@@H](CCCCN)C(=O)N2C[C@H](O)C[C@H]2C(=O)N[C@@H](Cc2c[nH]c3ccccc23)C(=O)N[C@@H](CCN)C(=O)N[C@@H](Cc2c[nH]c3ccccc23)C(=O)N1C. The zero-order valence-electron chi connectivity index (χ0n) is 77.8. The van der Waals surface area contributed by atoms with Crippen LogP contribution in [0.3, 0.4) is 0 Å². The van der Waals surface area contributed by atoms with Gasteiger partial charge >= 0.3 is 5.97 Å². The van der Waals surface area contributed by atoms with Crippen molar-refractivity contribution < 1.29 is 96.5 Å². The summed E-state index contributed by atoms with van der Waals surface area (Å²) in [6.45, 7) is 3.59. The summed E-state index contributed by atoms with van der Waals surface area (Å²) in [4.78, 5) is 270. The number of carbonyl (C=O) groups is 17. The molecule has 6 aromatic rings. The topological polar surface area (TPSA) is 641 Å². The van der Waals surface area contributed by atoms with E-state index in [0.717, 1.165) is 31.4 Å². The van der Waals surface area contributed by atoms with Crippen LogP contribution in [0.25, 0.3) is 21.8 Å². The van der Waals surface area contributed by atoms with Gasteiger partial charge < -0.3 is 131 Å². The number of primary amides is 1. The molecule has 3 aromatic heterocycles. The van der Waals surface area contributed by atoms with E-state index < -0.39 is 229 Å². The Morgan fingerprint density at radius 1 is 0.522 bits per heavy atom. The number of ether oxygens (including phenoxy) is 1. The molecule has 136 heavy (non-hydrogen) atoms. The third-order valence-electron chi connectivity index (χ3n) is 24.8. The lowest BCUT2D eigenvalue weighted by Gasteiger charge is -2.36. The normalized spacial score (nSPS) is 24.7. The second-order valence-electron chi connectivity index (χ2n) is 34.6. The molecule has 3 saturated heterocycles. The fourth-order valence-electron chi connectivity index (χ4n) is 17.0. The highest BCUT2D eigenvalue weighted by molar-refractivity contribution is 8.00. The number of H-pyrrole nitrogens is 3. The highest BCUT2D eigenvalue weighted by Gasteiger charge is 2.47. The van der Waals surface area contributed by atoms with Gasteiger partial charge in [0.1, 0.15) is 90.3 Å². The number of benzene rings is 3. The molecule has 23 N–H and O–H groups in total. The summed E-state index contributed by atoms with van der Waals surface area (Å²) in [6.07, 6.45) is 3.97. The lowest BCUT2D eigenvalue weighted by atomic mass is 9.99. The van der Waals surface area contributed by atoms with Crippen LogP contribution < -0.4 is 80.8 Å². The van der Waals surface area contributed by atoms with E-state index in [1.165, 1.54) is 52.6 Å². The number of likely N-dealkylation sites (N-methyl/N-ethyl adjacent to an activating group) is 3. The first-order valence-corrected chi connectivity index (χ1v) is 47.3. The molecule has 0 saturated carbocycles. The van der Waals surface area contributed by atoms with Gasteiger partial charge in [-0.1, -0.05) is 88.1 Å². The maximum Gasteiger partial charge on any atom is 0.303 e. The van der Waals surface area contributed by atoms with Gasteiger partial charge in [-0.15, -0.1) is 11.8 Å². The van der Waals surface area contributed by atoms with Crippen LogP contribution >= 0.6 is 11.8 Å². The molecule has 6 heterocycles. The maximum atomic E-state index is 15.8. The van der Waals surface area contributed by atoms with Gasteiger partial charge in [0.05, 0.1) is 31.8 Å². The molecule has 16 amide bonds. The van der Waals surface area contributed by atoms with E-state index in [2.05, 4.69) is 73.1 Å². The van der Waals surface area contributed by atoms with E-state index in [1.807, 2.05) is 13.8 Å². The van der Waals surface area contributed by atoms with Crippen molar-refractivity contribution >= 4 is 134 Å². The molecule has 3 aromatic carbocycles. The average Bonchev–Trinajstić information content (AvgIpc) is 0.947. The highest BCUT2D eigenvalue weighted by Crippen LogP contribution is 2.28. The van der Waals surface area contributed by atoms with Crippen molar-refractivity contribution in [2.24, 2.45) is 22.9 Å². The number of aromatic nitrogens is 4. The zero-order valence-corrected chi connectivity index (χ0v) is 78.7. The van der Waals surface area contributed by atoms with E-state index in [1.54, 1.807) is 85.2 Å². The number of para-hydroxylation sites is 2. The number of carboxylic acids is 1. The Balaban J connectivity index is 1.10. The van der Waals surface area contributed by atoms with Gasteiger partial charge in [-0.05, 0) is 132 Å². The number of imidazole rings is 1. The highest BCUT2D eigenvalue weighted by atomic mass is 32.2. The lowest BCUT2D eigenvalue weighted by Crippen LogP contribution is -2.61. The van der Waals surface area contributed by atoms with Crippen molar-refractivity contribution in [3.05, 3.63) is 120 Å². The smallest absolute Gasteiger partial charge is 0.303 e. The first kappa shape index (κ1) is 107. The van der Waals surface area contributed by atoms with E-state index >= 15 is 38.4 Å². The number of carbonyl (C=O) groups excluding carboxylic acids is 16. The molecule has 0 bridgehead atoms. The van der Waals surface area contributed by atoms with Crippen LogP contribution in [0.1, 0.15) is 146 Å². The van der Waals surface area contributed by atoms with E-state index in [0.29, 0.717) is 82.0 Å². The molecule has 15 atom stereocenters. The summed E-state index contributed by atoms with van der Waals surface area (Å²) < 4.78 is 5.36. The van der Waals surface area contributed by atoms with Gasteiger partial charge in [-0.2, -0.15) is 0 Å². The number of aliphatic hydroxyl groups is 1. The third kappa shape index (κ3) is 29.5. The average molecular weight is 1910 g/mol. The van der Waals surface area contributed by atoms with Crippen molar-refractivity contribution in [1.82, 2.24) is 97.6 Å². The number of aromatic amines is 3. The Labute approximate surface area is 791 Å². The van der Waals surface area contributed by atoms with Gasteiger partial charge in [0.2, 0.25) is 94.5 Å². The number of nitrogens with two attached hydrogens (primary N) is 4. The quantitative estimate of drug-likeness (QED) is 0.0223. The number of thioether (sulfide) groups is 1. The number of fused-ring (bicyclic) bond motifs is 4. The van der Waals surface area contributed by atoms with Crippen molar-refractivity contribution in [2.45, 2.75) is 240 Å². The molecule has 3 aliphatic heterocycles. The number of aliphatic carboxylic acids is 1. The van der Waals surface area contributed by atoms with Crippen molar-refractivity contribution in [2.75, 3.05) is 79.0 Å². The molecule has 3 aliphatic rings. The predicted octanol–water partition coefficient (Wildman–Crippen LogP) is -2.11. The van der Waals surface area contributed by atoms with Crippen LogP contribution in [-0.4, -0.2) is 325 Å². The maximum absolute atomic E-state index is 15.8. The number of nitrogens with zero attached hydrogens (tertiary/aromatic N) is 6. The number of unbranched alkanes of at least 4 members (excludes halogenated alkanes) is 3. The molecule has 3 fully saturated rings. The van der Waals surface area contributed by atoms with E-state index in [9.17, 15) is 53.4 Å². The van der Waals surface area contributed by atoms with Crippen LogP contribution in [0.5, 0.6) is 5.75 Å². The summed E-state index contributed by atoms with van der Waals surface area (Å²) in [5, 5.41) is 49.8. The summed E-state index contributed by atoms with van der Waals surface area (Å²) in [7, 11) is 5.41. The number of rotatable bonds is 29. The van der Waals surface area contributed by atoms with Crippen LogP contribution in [0.2, 0.25) is 0 Å². The Hall–Kier alpha value is -13.1. The third-order valence-corrected chi connectivity index (χ3v) is 25.8. The van der Waals surface area contributed by atoms with Gasteiger partial charge in [-0.3, -0.25) is 81.5 Å². The number of hydrogen-bond donors (Lipinski definition) is 19. The number of carboxylic acid groups (broad SMARTS) is 1. The second-order valence-corrected chi connectivity index (χ2v) is 35.6. The predicted molar refractivity (Wildman–Crippen MR) is 502 cm³/mol. The monoisotopic (exact) mass is 1910 g/mol. The summed E-state index contributed by atoms with van der Waals surface area (Å²) in [6, 6.07) is -0.250. The van der Waals surface area contributed by atoms with Gasteiger partial charge in [0, 0.05) is 125 Å². The molecule has 0 aliphatic carbocycles. The van der Waals surface area contributed by atoms with Gasteiger partial charge in [0.15, 0.2) is 0 Å². The van der Waals surface area contributed by atoms with Crippen molar-refractivity contribution in [3.8, 4) is 5.75 Å². The molecule has 43 nitrogen and oxygen atoms in total. The standard InChI is InChI=1S/C92H131N23O20S/c1-8-10-24-72-85(127)104-63(31-32-78(119)120)81(123)110-71(80(122)100-47-76(96)117)49-136-50-77(118)102-69(39-53-27-29-58(135-7)30-28-53)88(130)111(4)52(3)79(121)105-66(34-37-95)90(132)114-38-18-26-73(114)86(128)108-68(42-56-46-97-51-101-56)84(126)106-65(23-16-17-35-93)91(133)115-48-57(116)43-75(115)87(129)107-67(40-54-44-98-61-21-14-12-19-59(54)61)83(125)103-64(33-36-94)82(124)109-70(41-55-45-99-62-22-15-13-20-60(55)62)89(131)113(6)74(25-11-9-2)92(134)112(72)5/h12-15,19-22,27-30,44-46,51-52,57,63-75,98-99,116H,8-11,16-18,23-26,31-43,47-50,93-95H2,1-7H3,(H2,96,117)(H,97,101)(H,100,122)(H,102,118)(H,103,125)(H,104,127)(H,105,121)(H,106,126)(H,107,129)(H,108,128)(H,109,124)(H,110,123)(H,119,120)/t52-,57+,63-,64-,65-,66-,67-,68-,69-,70-,71-,72-,73-,74-,75-/m0/s1. The number of methoxy groups -OCH3 is 1. The minimum absolute atomic E-state index is 0.0110. The minimum atomic E-state index is -1.77. The molecule has 44 heteroatoms. The molecule has 0 radical (unpaired) electrons. The Bertz CT molecular complexity index is 5150. The molecule has 9 rings (SSSR count). The summed E-state index contributed by atoms with van der Waals surface area (Å²) in [5.41, 5.74) is 27.0. The summed E-state index contributed by atoms with van der Waals surface area (Å²) in [5.74, 6) is -16.2. The fourth-order valence-corrected chi connectivity index (χ4v) is 17.8. The largest absolute Gasteiger partial charge is 0.497 e. The van der Waals surface area contributed by atoms with E-state index in [-0.39, 0.29) is 110 Å². The van der Waals surface area contributed by atoms with Crippen molar-refractivity contribution in [3.63, 3.8) is 0 Å². The summed E-state index contributed by atoms with van der Waals surface area (Å²) >= 11 is 0.758. The molecule has 740 valence electrons.